The summed E-state index contributed by atoms with van der Waals surface area (Å²) in [4.78, 5) is 39.7. The molecule has 0 saturated carbocycles. The van der Waals surface area contributed by atoms with Crippen LogP contribution in [0.25, 0.3) is 22.3 Å². The maximum atomic E-state index is 16.2. The lowest BCUT2D eigenvalue weighted by atomic mass is 9.92. The van der Waals surface area contributed by atoms with Gasteiger partial charge in [-0.25, -0.2) is 8.78 Å². The van der Waals surface area contributed by atoms with Crippen LogP contribution in [0.4, 0.5) is 14.5 Å². The molecular weight excluding hydrogens is 584 g/mol. The van der Waals surface area contributed by atoms with Crippen LogP contribution in [0.3, 0.4) is 0 Å². The van der Waals surface area contributed by atoms with Crippen LogP contribution in [0.5, 0.6) is 5.75 Å². The Morgan fingerprint density at radius 1 is 1.07 bits per heavy atom. The van der Waals surface area contributed by atoms with Crippen LogP contribution in [0.1, 0.15) is 25.0 Å². The van der Waals surface area contributed by atoms with Gasteiger partial charge in [0.1, 0.15) is 23.0 Å². The molecule has 238 valence electrons. The highest BCUT2D eigenvalue weighted by Crippen LogP contribution is 2.37. The minimum atomic E-state index is -1.20. The molecule has 0 aromatic heterocycles. The molecule has 1 aliphatic rings. The molecule has 12 heteroatoms. The fourth-order valence-electron chi connectivity index (χ4n) is 4.97. The number of aliphatic hydroxyl groups is 1. The van der Waals surface area contributed by atoms with Crippen LogP contribution in [0.15, 0.2) is 60.3 Å². The van der Waals surface area contributed by atoms with Gasteiger partial charge in [0.15, 0.2) is 0 Å². The smallest absolute Gasteiger partial charge is 0.264 e. The first-order valence-electron chi connectivity index (χ1n) is 14.1. The van der Waals surface area contributed by atoms with E-state index in [-0.39, 0.29) is 46.7 Å². The molecule has 5 N–H and O–H groups in total. The maximum Gasteiger partial charge on any atom is 0.264 e. The number of carbonyl (C=O) groups excluding carboxylic acids is 3. The molecule has 0 radical (unpaired) electrons. The van der Waals surface area contributed by atoms with Gasteiger partial charge in [-0.05, 0) is 55.7 Å². The Kier molecular flexibility index (Phi) is 9.59. The number of benzene rings is 3. The van der Waals surface area contributed by atoms with E-state index < -0.39 is 41.1 Å². The van der Waals surface area contributed by atoms with E-state index >= 15 is 8.78 Å². The van der Waals surface area contributed by atoms with Crippen LogP contribution >= 0.6 is 0 Å². The zero-order chi connectivity index (χ0) is 33.2. The van der Waals surface area contributed by atoms with Gasteiger partial charge in [-0.2, -0.15) is 0 Å². The van der Waals surface area contributed by atoms with Crippen molar-refractivity contribution in [2.75, 3.05) is 33.1 Å². The van der Waals surface area contributed by atoms with Gasteiger partial charge in [-0.1, -0.05) is 30.3 Å². The summed E-state index contributed by atoms with van der Waals surface area (Å²) in [7, 11) is 4.30. The quantitative estimate of drug-likeness (QED) is 0.253. The first-order valence-corrected chi connectivity index (χ1v) is 14.1. The Bertz CT molecular complexity index is 1690. The van der Waals surface area contributed by atoms with E-state index in [1.54, 1.807) is 57.2 Å². The monoisotopic (exact) mass is 621 g/mol. The second-order valence-corrected chi connectivity index (χ2v) is 11.6. The molecule has 3 aromatic carbocycles. The summed E-state index contributed by atoms with van der Waals surface area (Å²) in [6, 6.07) is 12.5. The van der Waals surface area contributed by atoms with Gasteiger partial charge >= 0.3 is 0 Å². The van der Waals surface area contributed by atoms with Crippen molar-refractivity contribution in [3.63, 3.8) is 0 Å². The third-order valence-corrected chi connectivity index (χ3v) is 7.93. The number of rotatable bonds is 10. The highest BCUT2D eigenvalue weighted by molar-refractivity contribution is 6.23. The fraction of sp³-hybridized carbons (Fsp3) is 0.303. The Hall–Kier alpha value is -4.81. The third kappa shape index (κ3) is 6.66. The van der Waals surface area contributed by atoms with Crippen molar-refractivity contribution in [3.8, 4) is 28.0 Å². The van der Waals surface area contributed by atoms with E-state index in [2.05, 4.69) is 10.6 Å². The van der Waals surface area contributed by atoms with E-state index in [1.807, 2.05) is 0 Å². The van der Waals surface area contributed by atoms with E-state index in [4.69, 9.17) is 10.5 Å². The average molecular weight is 622 g/mol. The second kappa shape index (κ2) is 13.0. The summed E-state index contributed by atoms with van der Waals surface area (Å²) < 4.78 is 37.0. The number of anilines is 1. The molecule has 0 fully saturated rings. The predicted octanol–water partition coefficient (Wildman–Crippen LogP) is 3.72. The number of methoxy groups -OCH3 is 1. The number of hydrogen-bond acceptors (Lipinski definition) is 7. The molecule has 1 aliphatic heterocycles. The molecule has 4 rings (SSSR count). The van der Waals surface area contributed by atoms with Gasteiger partial charge in [0.05, 0.1) is 12.5 Å². The van der Waals surface area contributed by atoms with Crippen molar-refractivity contribution >= 4 is 23.4 Å². The van der Waals surface area contributed by atoms with Crippen molar-refractivity contribution in [1.29, 1.82) is 0 Å². The Balaban J connectivity index is 1.64. The first-order chi connectivity index (χ1) is 21.2. The standard InChI is InChI=1S/C33H37F2N5O5/c1-18-20(9-8-12-26(18)38-29(41)24-16-39(4)32(44)40(5)30(24)42)22-11-7-10-21(28(22)35)19-13-25(34)23(27(14-19)45-6)15-37-17-33(2,3)31(36)43/h7-14,16,32,37,44H,15,17H2,1-6H3,(H2,36,43)(H,38,41). The van der Waals surface area contributed by atoms with E-state index in [0.717, 1.165) is 4.90 Å². The molecule has 3 aromatic rings. The number of nitrogens with one attached hydrogen (secondary N) is 2. The summed E-state index contributed by atoms with van der Waals surface area (Å²) in [5.41, 5.74) is 6.61. The number of amides is 3. The number of hydrogen-bond donors (Lipinski definition) is 4. The van der Waals surface area contributed by atoms with Crippen LogP contribution < -0.4 is 21.1 Å². The molecule has 1 atom stereocenters. The molecule has 0 saturated heterocycles. The topological polar surface area (TPSA) is 137 Å². The van der Waals surface area contributed by atoms with Crippen LogP contribution in [0, 0.1) is 24.0 Å². The fourth-order valence-corrected chi connectivity index (χ4v) is 4.97. The van der Waals surface area contributed by atoms with Gasteiger partial charge in [0.25, 0.3) is 11.8 Å². The molecule has 0 aliphatic carbocycles. The predicted molar refractivity (Wildman–Crippen MR) is 166 cm³/mol. The lowest BCUT2D eigenvalue weighted by molar-refractivity contribution is -0.149. The van der Waals surface area contributed by atoms with Crippen molar-refractivity contribution in [2.24, 2.45) is 11.1 Å². The molecule has 45 heavy (non-hydrogen) atoms. The summed E-state index contributed by atoms with van der Waals surface area (Å²) in [5, 5.41) is 15.8. The first kappa shape index (κ1) is 33.1. The molecule has 1 unspecified atom stereocenters. The van der Waals surface area contributed by atoms with Gasteiger partial charge in [0, 0.05) is 55.8 Å². The van der Waals surface area contributed by atoms with Gasteiger partial charge in [0.2, 0.25) is 12.3 Å². The largest absolute Gasteiger partial charge is 0.496 e. The normalized spacial score (nSPS) is 15.2. The van der Waals surface area contributed by atoms with Crippen molar-refractivity contribution in [1.82, 2.24) is 15.1 Å². The summed E-state index contributed by atoms with van der Waals surface area (Å²) in [6.07, 6.45) is 0.0673. The zero-order valence-electron chi connectivity index (χ0n) is 26.0. The van der Waals surface area contributed by atoms with E-state index in [1.165, 1.54) is 44.4 Å². The molecule has 0 spiro atoms. The lowest BCUT2D eigenvalue weighted by Crippen LogP contribution is -2.51. The number of carbonyl (C=O) groups is 3. The molecule has 3 amide bonds. The minimum absolute atomic E-state index is 0.0574. The van der Waals surface area contributed by atoms with Crippen LogP contribution in [0.2, 0.25) is 0 Å². The number of ether oxygens (including phenoxy) is 1. The number of likely N-dealkylation sites (N-methyl/N-ethyl adjacent to an activating group) is 1. The molecule has 10 nitrogen and oxygen atoms in total. The summed E-state index contributed by atoms with van der Waals surface area (Å²) >= 11 is 0. The molecular formula is C33H37F2N5O5. The third-order valence-electron chi connectivity index (χ3n) is 7.93. The SMILES string of the molecule is COc1cc(-c2cccc(-c3cccc(NC(=O)C4=CN(C)C(O)N(C)C4=O)c3C)c2F)cc(F)c1CNCC(C)(C)C(N)=O. The number of halogens is 2. The van der Waals surface area contributed by atoms with Gasteiger partial charge in [-0.3, -0.25) is 19.3 Å². The van der Waals surface area contributed by atoms with Crippen LogP contribution in [-0.4, -0.2) is 66.7 Å². The highest BCUT2D eigenvalue weighted by atomic mass is 19.1. The van der Waals surface area contributed by atoms with Gasteiger partial charge < -0.3 is 31.1 Å². The summed E-state index contributed by atoms with van der Waals surface area (Å²) in [6.45, 7) is 5.34. The number of nitrogens with zero attached hydrogens (tertiary/aromatic N) is 2. The van der Waals surface area contributed by atoms with Crippen molar-refractivity contribution < 1.29 is 33.0 Å². The Morgan fingerprint density at radius 3 is 2.38 bits per heavy atom. The Morgan fingerprint density at radius 2 is 1.71 bits per heavy atom. The average Bonchev–Trinajstić information content (AvgIpc) is 2.99. The minimum Gasteiger partial charge on any atom is -0.496 e. The number of nitrogens with two attached hydrogens (primary N) is 1. The highest BCUT2D eigenvalue weighted by Gasteiger charge is 2.33. The molecule has 1 heterocycles. The number of aliphatic hydroxyl groups excluding tert-OH is 1. The second-order valence-electron chi connectivity index (χ2n) is 11.6. The van der Waals surface area contributed by atoms with Crippen molar-refractivity contribution in [2.45, 2.75) is 33.7 Å². The van der Waals surface area contributed by atoms with Crippen LogP contribution in [-0.2, 0) is 20.9 Å². The zero-order valence-corrected chi connectivity index (χ0v) is 26.0. The van der Waals surface area contributed by atoms with Gasteiger partial charge in [-0.15, -0.1) is 0 Å². The maximum absolute atomic E-state index is 16.2. The van der Waals surface area contributed by atoms with E-state index in [0.29, 0.717) is 16.8 Å². The Labute approximate surface area is 260 Å². The lowest BCUT2D eigenvalue weighted by Gasteiger charge is -2.35. The molecule has 0 bridgehead atoms. The summed E-state index contributed by atoms with van der Waals surface area (Å²) in [5.74, 6) is -2.85. The number of primary amides is 1. The van der Waals surface area contributed by atoms with E-state index in [9.17, 15) is 19.5 Å². The van der Waals surface area contributed by atoms with Crippen molar-refractivity contribution in [3.05, 3.63) is 83.1 Å².